The molecule has 0 aliphatic heterocycles. The number of nitrogens with one attached hydrogen (secondary N) is 1. The second-order valence-corrected chi connectivity index (χ2v) is 5.87. The number of carbonyl (C=O) groups excluding carboxylic acids is 1. The number of benzene rings is 1. The molecule has 0 atom stereocenters. The molecule has 0 radical (unpaired) electrons. The minimum atomic E-state index is -0.411. The zero-order valence-electron chi connectivity index (χ0n) is 10.7. The molecule has 1 aromatic heterocycles. The quantitative estimate of drug-likeness (QED) is 0.863. The van der Waals surface area contributed by atoms with Crippen molar-refractivity contribution in [3.63, 3.8) is 0 Å². The van der Waals surface area contributed by atoms with Crippen molar-refractivity contribution in [2.75, 3.05) is 6.54 Å². The van der Waals surface area contributed by atoms with E-state index < -0.39 is 6.09 Å². The average molecular weight is 352 g/mol. The summed E-state index contributed by atoms with van der Waals surface area (Å²) in [6, 6.07) is 11.6. The SMILES string of the molecule is O=C(NCC=Cc1cc(Br)cs1)OCc1ccccc1. The van der Waals surface area contributed by atoms with Crippen LogP contribution in [0.15, 0.2) is 52.3 Å². The van der Waals surface area contributed by atoms with Crippen molar-refractivity contribution in [3.05, 3.63) is 62.8 Å². The van der Waals surface area contributed by atoms with E-state index in [1.54, 1.807) is 11.3 Å². The number of alkyl carbamates (subject to hydrolysis) is 1. The Morgan fingerprint density at radius 3 is 2.85 bits per heavy atom. The Labute approximate surface area is 130 Å². The van der Waals surface area contributed by atoms with Gasteiger partial charge >= 0.3 is 6.09 Å². The summed E-state index contributed by atoms with van der Waals surface area (Å²) >= 11 is 5.03. The highest BCUT2D eigenvalue weighted by atomic mass is 79.9. The van der Waals surface area contributed by atoms with E-state index in [-0.39, 0.29) is 6.61 Å². The molecule has 0 aliphatic rings. The first-order valence-electron chi connectivity index (χ1n) is 6.09. The number of halogens is 1. The number of hydrogen-bond acceptors (Lipinski definition) is 3. The van der Waals surface area contributed by atoms with Crippen LogP contribution in [0.25, 0.3) is 6.08 Å². The van der Waals surface area contributed by atoms with Gasteiger partial charge in [0.05, 0.1) is 0 Å². The molecule has 2 aromatic rings. The summed E-state index contributed by atoms with van der Waals surface area (Å²) in [5, 5.41) is 4.69. The van der Waals surface area contributed by atoms with Crippen molar-refractivity contribution in [2.45, 2.75) is 6.61 Å². The lowest BCUT2D eigenvalue weighted by atomic mass is 10.2. The van der Waals surface area contributed by atoms with Crippen LogP contribution in [0.3, 0.4) is 0 Å². The highest BCUT2D eigenvalue weighted by molar-refractivity contribution is 9.10. The summed E-state index contributed by atoms with van der Waals surface area (Å²) in [6.07, 6.45) is 3.44. The molecule has 1 heterocycles. The Balaban J connectivity index is 1.66. The summed E-state index contributed by atoms with van der Waals surface area (Å²) in [6.45, 7) is 0.734. The normalized spacial score (nSPS) is 10.7. The van der Waals surface area contributed by atoms with Gasteiger partial charge in [-0.05, 0) is 33.6 Å². The van der Waals surface area contributed by atoms with Crippen LogP contribution >= 0.6 is 27.3 Å². The third-order valence-electron chi connectivity index (χ3n) is 2.45. The van der Waals surface area contributed by atoms with Crippen LogP contribution in [0, 0.1) is 0 Å². The molecule has 20 heavy (non-hydrogen) atoms. The lowest BCUT2D eigenvalue weighted by molar-refractivity contribution is 0.141. The molecule has 0 saturated carbocycles. The zero-order chi connectivity index (χ0) is 14.2. The minimum Gasteiger partial charge on any atom is -0.445 e. The highest BCUT2D eigenvalue weighted by Gasteiger charge is 2.00. The Hall–Kier alpha value is -1.59. The maximum absolute atomic E-state index is 11.5. The molecule has 5 heteroatoms. The monoisotopic (exact) mass is 351 g/mol. The van der Waals surface area contributed by atoms with Crippen molar-refractivity contribution >= 4 is 39.4 Å². The fourth-order valence-electron chi connectivity index (χ4n) is 1.51. The third kappa shape index (κ3) is 5.19. The molecular weight excluding hydrogens is 338 g/mol. The van der Waals surface area contributed by atoms with Crippen LogP contribution in [-0.4, -0.2) is 12.6 Å². The van der Waals surface area contributed by atoms with E-state index in [0.29, 0.717) is 6.54 Å². The predicted molar refractivity (Wildman–Crippen MR) is 85.7 cm³/mol. The standard InChI is InChI=1S/C15H14BrNO2S/c16-13-9-14(20-11-13)7-4-8-17-15(18)19-10-12-5-2-1-3-6-12/h1-7,9,11H,8,10H2,(H,17,18). The fraction of sp³-hybridized carbons (Fsp3) is 0.133. The van der Waals surface area contributed by atoms with Crippen LogP contribution in [0.2, 0.25) is 0 Å². The molecule has 104 valence electrons. The molecule has 0 aliphatic carbocycles. The molecular formula is C15H14BrNO2S. The zero-order valence-corrected chi connectivity index (χ0v) is 13.1. The van der Waals surface area contributed by atoms with E-state index in [1.165, 1.54) is 0 Å². The van der Waals surface area contributed by atoms with Crippen LogP contribution in [0.5, 0.6) is 0 Å². The second kappa shape index (κ2) is 7.87. The van der Waals surface area contributed by atoms with Gasteiger partial charge in [-0.1, -0.05) is 36.4 Å². The maximum Gasteiger partial charge on any atom is 0.407 e. The number of carbonyl (C=O) groups is 1. The highest BCUT2D eigenvalue weighted by Crippen LogP contribution is 2.20. The lowest BCUT2D eigenvalue weighted by Gasteiger charge is -2.04. The van der Waals surface area contributed by atoms with Crippen molar-refractivity contribution in [1.29, 1.82) is 0 Å². The molecule has 0 bridgehead atoms. The van der Waals surface area contributed by atoms with Crippen LogP contribution in [0.1, 0.15) is 10.4 Å². The molecule has 3 nitrogen and oxygen atoms in total. The lowest BCUT2D eigenvalue weighted by Crippen LogP contribution is -2.24. The van der Waals surface area contributed by atoms with E-state index in [2.05, 4.69) is 21.2 Å². The van der Waals surface area contributed by atoms with Gasteiger partial charge in [-0.15, -0.1) is 11.3 Å². The van der Waals surface area contributed by atoms with Crippen LogP contribution < -0.4 is 5.32 Å². The van der Waals surface area contributed by atoms with E-state index in [0.717, 1.165) is 14.9 Å². The van der Waals surface area contributed by atoms with Crippen LogP contribution in [-0.2, 0) is 11.3 Å². The first-order valence-corrected chi connectivity index (χ1v) is 7.76. The summed E-state index contributed by atoms with van der Waals surface area (Å²) in [4.78, 5) is 12.6. The Bertz CT molecular complexity index is 581. The molecule has 2 rings (SSSR count). The smallest absolute Gasteiger partial charge is 0.407 e. The molecule has 0 fully saturated rings. The Morgan fingerprint density at radius 2 is 2.15 bits per heavy atom. The number of amides is 1. The van der Waals surface area contributed by atoms with Crippen LogP contribution in [0.4, 0.5) is 4.79 Å². The van der Waals surface area contributed by atoms with E-state index in [9.17, 15) is 4.79 Å². The Kier molecular flexibility index (Phi) is 5.83. The topological polar surface area (TPSA) is 38.3 Å². The second-order valence-electron chi connectivity index (χ2n) is 4.01. The molecule has 0 spiro atoms. The van der Waals surface area contributed by atoms with Gasteiger partial charge in [0.25, 0.3) is 0 Å². The number of rotatable bonds is 5. The fourth-order valence-corrected chi connectivity index (χ4v) is 2.87. The average Bonchev–Trinajstić information content (AvgIpc) is 2.88. The van der Waals surface area contributed by atoms with Crippen molar-refractivity contribution < 1.29 is 9.53 Å². The number of thiophene rings is 1. The summed E-state index contributed by atoms with van der Waals surface area (Å²) in [7, 11) is 0. The molecule has 1 N–H and O–H groups in total. The Morgan fingerprint density at radius 1 is 1.35 bits per heavy atom. The van der Waals surface area contributed by atoms with E-state index in [1.807, 2.05) is 53.9 Å². The predicted octanol–water partition coefficient (Wildman–Crippen LogP) is 4.45. The number of ether oxygens (including phenoxy) is 1. The van der Waals surface area contributed by atoms with Crippen molar-refractivity contribution in [1.82, 2.24) is 5.32 Å². The minimum absolute atomic E-state index is 0.286. The van der Waals surface area contributed by atoms with Gasteiger partial charge in [0.1, 0.15) is 6.61 Å². The molecule has 1 amide bonds. The summed E-state index contributed by atoms with van der Waals surface area (Å²) in [5.41, 5.74) is 0.974. The van der Waals surface area contributed by atoms with Gasteiger partial charge in [0.2, 0.25) is 0 Å². The summed E-state index contributed by atoms with van der Waals surface area (Å²) < 4.78 is 6.16. The first kappa shape index (κ1) is 14.8. The van der Waals surface area contributed by atoms with Gasteiger partial charge in [-0.3, -0.25) is 0 Å². The largest absolute Gasteiger partial charge is 0.445 e. The van der Waals surface area contributed by atoms with E-state index >= 15 is 0 Å². The van der Waals surface area contributed by atoms with Gasteiger partial charge in [-0.25, -0.2) is 4.79 Å². The first-order chi connectivity index (χ1) is 9.74. The van der Waals surface area contributed by atoms with Crippen molar-refractivity contribution in [2.24, 2.45) is 0 Å². The van der Waals surface area contributed by atoms with E-state index in [4.69, 9.17) is 4.74 Å². The molecule has 0 saturated heterocycles. The van der Waals surface area contributed by atoms with Gasteiger partial charge in [0.15, 0.2) is 0 Å². The number of hydrogen-bond donors (Lipinski definition) is 1. The summed E-state index contributed by atoms with van der Waals surface area (Å²) in [5.74, 6) is 0. The van der Waals surface area contributed by atoms with Gasteiger partial charge in [0, 0.05) is 21.3 Å². The van der Waals surface area contributed by atoms with Crippen molar-refractivity contribution in [3.8, 4) is 0 Å². The molecule has 0 unspecified atom stereocenters. The third-order valence-corrected chi connectivity index (χ3v) is 4.11. The molecule has 1 aromatic carbocycles. The van der Waals surface area contributed by atoms with Gasteiger partial charge < -0.3 is 10.1 Å². The van der Waals surface area contributed by atoms with Gasteiger partial charge in [-0.2, -0.15) is 0 Å². The maximum atomic E-state index is 11.5.